The second-order valence-corrected chi connectivity index (χ2v) is 5.66. The summed E-state index contributed by atoms with van der Waals surface area (Å²) in [5.74, 6) is 1.05. The third kappa shape index (κ3) is 3.61. The second kappa shape index (κ2) is 7.18. The molecule has 0 spiro atoms. The average molecular weight is 349 g/mol. The van der Waals surface area contributed by atoms with E-state index in [1.807, 2.05) is 24.3 Å². The normalized spacial score (nSPS) is 12.8. The van der Waals surface area contributed by atoms with Gasteiger partial charge < -0.3 is 14.0 Å². The number of hydrogen-bond acceptors (Lipinski definition) is 7. The highest BCUT2D eigenvalue weighted by molar-refractivity contribution is 5.87. The van der Waals surface area contributed by atoms with Gasteiger partial charge >= 0.3 is 5.97 Å². The van der Waals surface area contributed by atoms with Crippen molar-refractivity contribution in [3.05, 3.63) is 65.8 Å². The van der Waals surface area contributed by atoms with Crippen molar-refractivity contribution in [3.8, 4) is 17.1 Å². The molecule has 7 nitrogen and oxygen atoms in total. The number of aromatic nitrogens is 3. The zero-order valence-electron chi connectivity index (χ0n) is 13.8. The number of esters is 1. The Morgan fingerprint density at radius 3 is 3.15 bits per heavy atom. The SMILES string of the molecule is O=C(C=Cc1ccc2c(c1)CCO2)OCc1nc(-c2cccnc2)no1. The summed E-state index contributed by atoms with van der Waals surface area (Å²) in [6, 6.07) is 9.40. The number of hydrogen-bond donors (Lipinski definition) is 0. The zero-order chi connectivity index (χ0) is 17.8. The second-order valence-electron chi connectivity index (χ2n) is 5.66. The van der Waals surface area contributed by atoms with Gasteiger partial charge in [0.1, 0.15) is 5.75 Å². The predicted octanol–water partition coefficient (Wildman–Crippen LogP) is 2.82. The molecule has 0 saturated carbocycles. The van der Waals surface area contributed by atoms with E-state index in [0.29, 0.717) is 12.4 Å². The minimum atomic E-state index is -0.483. The lowest BCUT2D eigenvalue weighted by atomic mass is 10.1. The van der Waals surface area contributed by atoms with Crippen LogP contribution < -0.4 is 4.74 Å². The number of nitrogens with zero attached hydrogens (tertiary/aromatic N) is 3. The molecule has 0 unspecified atom stereocenters. The van der Waals surface area contributed by atoms with Crippen molar-refractivity contribution < 1.29 is 18.8 Å². The van der Waals surface area contributed by atoms with E-state index in [1.165, 1.54) is 6.08 Å². The molecule has 4 rings (SSSR count). The number of benzene rings is 1. The molecule has 0 fully saturated rings. The Morgan fingerprint density at radius 2 is 2.27 bits per heavy atom. The Hall–Kier alpha value is -3.48. The highest BCUT2D eigenvalue weighted by Gasteiger charge is 2.12. The van der Waals surface area contributed by atoms with Gasteiger partial charge in [0.15, 0.2) is 6.61 Å². The first-order valence-corrected chi connectivity index (χ1v) is 8.11. The molecule has 0 amide bonds. The van der Waals surface area contributed by atoms with Crippen molar-refractivity contribution in [1.82, 2.24) is 15.1 Å². The van der Waals surface area contributed by atoms with Crippen molar-refractivity contribution in [2.45, 2.75) is 13.0 Å². The van der Waals surface area contributed by atoms with Gasteiger partial charge in [-0.25, -0.2) is 4.79 Å². The topological polar surface area (TPSA) is 87.3 Å². The quantitative estimate of drug-likeness (QED) is 0.517. The molecular weight excluding hydrogens is 334 g/mol. The van der Waals surface area contributed by atoms with E-state index in [4.69, 9.17) is 14.0 Å². The van der Waals surface area contributed by atoms with Gasteiger partial charge in [-0.2, -0.15) is 4.98 Å². The van der Waals surface area contributed by atoms with Crippen LogP contribution >= 0.6 is 0 Å². The molecule has 1 aromatic carbocycles. The Morgan fingerprint density at radius 1 is 1.31 bits per heavy atom. The summed E-state index contributed by atoms with van der Waals surface area (Å²) in [5.41, 5.74) is 2.80. The summed E-state index contributed by atoms with van der Waals surface area (Å²) < 4.78 is 15.7. The molecule has 0 aliphatic carbocycles. The maximum absolute atomic E-state index is 11.9. The van der Waals surface area contributed by atoms with Gasteiger partial charge in [0, 0.05) is 30.5 Å². The molecule has 26 heavy (non-hydrogen) atoms. The lowest BCUT2D eigenvalue weighted by Crippen LogP contribution is -2.01. The number of rotatable bonds is 5. The maximum Gasteiger partial charge on any atom is 0.331 e. The van der Waals surface area contributed by atoms with Crippen LogP contribution in [0.15, 0.2) is 53.3 Å². The molecule has 0 radical (unpaired) electrons. The van der Waals surface area contributed by atoms with E-state index in [-0.39, 0.29) is 12.5 Å². The predicted molar refractivity (Wildman–Crippen MR) is 92.0 cm³/mol. The summed E-state index contributed by atoms with van der Waals surface area (Å²) in [4.78, 5) is 20.0. The first-order chi connectivity index (χ1) is 12.8. The molecule has 7 heteroatoms. The van der Waals surface area contributed by atoms with Gasteiger partial charge in [-0.05, 0) is 41.5 Å². The van der Waals surface area contributed by atoms with E-state index in [0.717, 1.165) is 28.9 Å². The average Bonchev–Trinajstić information content (AvgIpc) is 3.34. The zero-order valence-corrected chi connectivity index (χ0v) is 13.8. The van der Waals surface area contributed by atoms with Gasteiger partial charge in [0.25, 0.3) is 5.89 Å². The summed E-state index contributed by atoms with van der Waals surface area (Å²) in [6.07, 6.45) is 7.25. The highest BCUT2D eigenvalue weighted by Crippen LogP contribution is 2.26. The standard InChI is InChI=1S/C19H15N3O4/c23-18(6-4-13-3-5-16-14(10-13)7-9-24-16)25-12-17-21-19(22-26-17)15-2-1-8-20-11-15/h1-6,8,10-11H,7,9,12H2. The van der Waals surface area contributed by atoms with Crippen LogP contribution in [-0.2, 0) is 22.6 Å². The monoisotopic (exact) mass is 349 g/mol. The third-order valence-corrected chi connectivity index (χ3v) is 3.85. The number of ether oxygens (including phenoxy) is 2. The number of fused-ring (bicyclic) bond motifs is 1. The van der Waals surface area contributed by atoms with Crippen LogP contribution in [0.3, 0.4) is 0 Å². The maximum atomic E-state index is 11.9. The molecular formula is C19H15N3O4. The fourth-order valence-electron chi connectivity index (χ4n) is 2.58. The Balaban J connectivity index is 1.33. The van der Waals surface area contributed by atoms with E-state index in [9.17, 15) is 4.79 Å². The van der Waals surface area contributed by atoms with Gasteiger partial charge in [-0.3, -0.25) is 4.98 Å². The van der Waals surface area contributed by atoms with Gasteiger partial charge in [0.2, 0.25) is 5.82 Å². The number of carbonyl (C=O) groups is 1. The first kappa shape index (κ1) is 16.0. The van der Waals surface area contributed by atoms with Gasteiger partial charge in [-0.1, -0.05) is 11.2 Å². The lowest BCUT2D eigenvalue weighted by molar-refractivity contribution is -0.139. The van der Waals surface area contributed by atoms with E-state index >= 15 is 0 Å². The van der Waals surface area contributed by atoms with E-state index in [1.54, 1.807) is 24.5 Å². The number of carbonyl (C=O) groups excluding carboxylic acids is 1. The Labute approximate surface area is 149 Å². The van der Waals surface area contributed by atoms with Crippen molar-refractivity contribution >= 4 is 12.0 Å². The fourth-order valence-corrected chi connectivity index (χ4v) is 2.58. The van der Waals surface area contributed by atoms with Crippen molar-refractivity contribution in [2.75, 3.05) is 6.61 Å². The first-order valence-electron chi connectivity index (χ1n) is 8.11. The van der Waals surface area contributed by atoms with Gasteiger partial charge in [0.05, 0.1) is 6.61 Å². The number of pyridine rings is 1. The summed E-state index contributed by atoms with van der Waals surface area (Å²) >= 11 is 0. The molecule has 3 aromatic rings. The fraction of sp³-hybridized carbons (Fsp3) is 0.158. The highest BCUT2D eigenvalue weighted by atomic mass is 16.6. The minimum absolute atomic E-state index is 0.0888. The van der Waals surface area contributed by atoms with Gasteiger partial charge in [-0.15, -0.1) is 0 Å². The van der Waals surface area contributed by atoms with Crippen molar-refractivity contribution in [1.29, 1.82) is 0 Å². The molecule has 0 atom stereocenters. The summed E-state index contributed by atoms with van der Waals surface area (Å²) in [6.45, 7) is 0.615. The Kier molecular flexibility index (Phi) is 4.42. The molecule has 130 valence electrons. The van der Waals surface area contributed by atoms with Crippen LogP contribution in [-0.4, -0.2) is 27.7 Å². The molecule has 0 saturated heterocycles. The van der Waals surface area contributed by atoms with Crippen LogP contribution in [0.5, 0.6) is 5.75 Å². The van der Waals surface area contributed by atoms with Crippen LogP contribution in [0.25, 0.3) is 17.5 Å². The van der Waals surface area contributed by atoms with Crippen LogP contribution in [0.2, 0.25) is 0 Å². The minimum Gasteiger partial charge on any atom is -0.493 e. The molecule has 0 N–H and O–H groups in total. The molecule has 3 heterocycles. The van der Waals surface area contributed by atoms with Crippen LogP contribution in [0, 0.1) is 0 Å². The lowest BCUT2D eigenvalue weighted by Gasteiger charge is -2.00. The molecule has 1 aliphatic heterocycles. The third-order valence-electron chi connectivity index (χ3n) is 3.85. The summed E-state index contributed by atoms with van der Waals surface area (Å²) in [5, 5.41) is 3.84. The van der Waals surface area contributed by atoms with Crippen LogP contribution in [0.4, 0.5) is 0 Å². The molecule has 0 bridgehead atoms. The molecule has 2 aromatic heterocycles. The summed E-state index contributed by atoms with van der Waals surface area (Å²) in [7, 11) is 0. The van der Waals surface area contributed by atoms with Crippen LogP contribution in [0.1, 0.15) is 17.0 Å². The van der Waals surface area contributed by atoms with Crippen molar-refractivity contribution in [2.24, 2.45) is 0 Å². The van der Waals surface area contributed by atoms with E-state index in [2.05, 4.69) is 15.1 Å². The van der Waals surface area contributed by atoms with Crippen molar-refractivity contribution in [3.63, 3.8) is 0 Å². The smallest absolute Gasteiger partial charge is 0.331 e. The largest absolute Gasteiger partial charge is 0.493 e. The Bertz CT molecular complexity index is 950. The molecule has 1 aliphatic rings. The van der Waals surface area contributed by atoms with E-state index < -0.39 is 5.97 Å².